The van der Waals surface area contributed by atoms with Crippen LogP contribution in [0.2, 0.25) is 0 Å². The molecule has 0 unspecified atom stereocenters. The molecular formula is C34H46F3N5O. The number of halogens is 3. The van der Waals surface area contributed by atoms with E-state index in [4.69, 9.17) is 0 Å². The van der Waals surface area contributed by atoms with Gasteiger partial charge in [0.25, 0.3) is 11.5 Å². The number of nitrogens with zero attached hydrogens (tertiary/aromatic N) is 4. The monoisotopic (exact) mass is 597 g/mol. The van der Waals surface area contributed by atoms with Gasteiger partial charge in [0, 0.05) is 30.6 Å². The first-order valence-corrected chi connectivity index (χ1v) is 16.3. The van der Waals surface area contributed by atoms with Crippen molar-refractivity contribution in [2.24, 2.45) is 5.92 Å². The summed E-state index contributed by atoms with van der Waals surface area (Å²) in [4.78, 5) is 25.4. The van der Waals surface area contributed by atoms with Crippen molar-refractivity contribution in [1.29, 1.82) is 0 Å². The number of pyridine rings is 1. The third-order valence-electron chi connectivity index (χ3n) is 9.47. The fraction of sp³-hybridized carbons (Fsp3) is 0.618. The van der Waals surface area contributed by atoms with Crippen LogP contribution in [-0.4, -0.2) is 39.1 Å². The second kappa shape index (κ2) is 14.2. The van der Waals surface area contributed by atoms with Crippen LogP contribution in [-0.2, 0) is 19.0 Å². The lowest BCUT2D eigenvalue weighted by Gasteiger charge is -2.32. The normalized spacial score (nSPS) is 21.5. The maximum absolute atomic E-state index is 15.6. The number of nitrogens with one attached hydrogen (secondary N) is 1. The summed E-state index contributed by atoms with van der Waals surface area (Å²) < 4.78 is 48.2. The van der Waals surface area contributed by atoms with Crippen LogP contribution >= 0.6 is 0 Å². The second-order valence-electron chi connectivity index (χ2n) is 12.5. The molecule has 1 N–H and O–H groups in total. The molecule has 6 nitrogen and oxygen atoms in total. The molecule has 1 fully saturated rings. The van der Waals surface area contributed by atoms with Crippen LogP contribution in [0.15, 0.2) is 35.4 Å². The molecule has 3 aliphatic rings. The summed E-state index contributed by atoms with van der Waals surface area (Å²) in [6.45, 7) is 7.62. The van der Waals surface area contributed by atoms with Crippen LogP contribution in [0.3, 0.4) is 0 Å². The average molecular weight is 598 g/mol. The molecular weight excluding hydrogens is 551 g/mol. The van der Waals surface area contributed by atoms with E-state index in [9.17, 15) is 4.79 Å². The predicted molar refractivity (Wildman–Crippen MR) is 166 cm³/mol. The third kappa shape index (κ3) is 7.24. The summed E-state index contributed by atoms with van der Waals surface area (Å²) in [6.07, 6.45) is 9.89. The lowest BCUT2D eigenvalue weighted by atomic mass is 9.89. The van der Waals surface area contributed by atoms with Crippen LogP contribution in [0.4, 0.5) is 19.0 Å². The first-order chi connectivity index (χ1) is 20.8. The number of piperidine rings is 1. The summed E-state index contributed by atoms with van der Waals surface area (Å²) in [5.41, 5.74) is 0.938. The molecule has 3 aromatic rings. The van der Waals surface area contributed by atoms with Crippen LogP contribution in [0, 0.1) is 11.7 Å². The Morgan fingerprint density at radius 1 is 1.00 bits per heavy atom. The molecule has 2 aromatic heterocycles. The van der Waals surface area contributed by atoms with Gasteiger partial charge in [0.2, 0.25) is 0 Å². The van der Waals surface area contributed by atoms with E-state index < -0.39 is 17.3 Å². The van der Waals surface area contributed by atoms with Gasteiger partial charge in [0.05, 0.1) is 10.9 Å². The molecule has 0 aliphatic carbocycles. The van der Waals surface area contributed by atoms with Crippen molar-refractivity contribution in [3.63, 3.8) is 0 Å². The van der Waals surface area contributed by atoms with Crippen LogP contribution in [0.1, 0.15) is 107 Å². The van der Waals surface area contributed by atoms with E-state index in [0.717, 1.165) is 83.0 Å². The largest absolute Gasteiger partial charge is 0.365 e. The Hall–Kier alpha value is -2.94. The molecule has 9 heteroatoms. The quantitative estimate of drug-likeness (QED) is 0.323. The van der Waals surface area contributed by atoms with E-state index in [1.165, 1.54) is 24.5 Å². The minimum Gasteiger partial charge on any atom is -0.365 e. The molecule has 43 heavy (non-hydrogen) atoms. The van der Waals surface area contributed by atoms with E-state index >= 15 is 13.2 Å². The van der Waals surface area contributed by atoms with Crippen molar-refractivity contribution in [2.45, 2.75) is 109 Å². The van der Waals surface area contributed by atoms with Gasteiger partial charge in [0.1, 0.15) is 23.6 Å². The van der Waals surface area contributed by atoms with Crippen molar-refractivity contribution >= 4 is 16.9 Å². The maximum Gasteiger partial charge on any atom is 0.276 e. The summed E-state index contributed by atoms with van der Waals surface area (Å²) in [6, 6.07) is 6.16. The molecule has 0 radical (unpaired) electrons. The minimum absolute atomic E-state index is 0.00508. The molecule has 0 atom stereocenters. The topological polar surface area (TPSA) is 63.1 Å². The van der Waals surface area contributed by atoms with Crippen LogP contribution < -0.4 is 10.9 Å². The average Bonchev–Trinajstić information content (AvgIpc) is 3.00. The van der Waals surface area contributed by atoms with Gasteiger partial charge in [-0.25, -0.2) is 23.1 Å². The van der Waals surface area contributed by atoms with Crippen LogP contribution in [0.25, 0.3) is 11.0 Å². The standard InChI is InChI=1S/C34H46F3N5O/c1-3-9-25(10-4-2)27-21-28-31-38-22-26-11-8-12-29(30(26)35)34(36,37)16-13-24-14-19-41(20-15-24)17-6-5-7-18-42(33(27)43)32(28)40-23-39-31/h8,11-12,21,23-25H,3-7,9-10,13-20,22H2,1-2H3,(H,38,39,40). The van der Waals surface area contributed by atoms with Crippen molar-refractivity contribution in [3.05, 3.63) is 63.5 Å². The number of aryl methyl sites for hydroxylation is 1. The number of rotatable bonds is 5. The molecule has 8 bridgehead atoms. The number of aromatic nitrogens is 3. The Morgan fingerprint density at radius 2 is 1.74 bits per heavy atom. The summed E-state index contributed by atoms with van der Waals surface area (Å²) in [7, 11) is 0. The van der Waals surface area contributed by atoms with Gasteiger partial charge in [-0.2, -0.15) is 0 Å². The first-order valence-electron chi connectivity index (χ1n) is 16.3. The zero-order valence-corrected chi connectivity index (χ0v) is 25.7. The number of alkyl halides is 2. The smallest absolute Gasteiger partial charge is 0.276 e. The van der Waals surface area contributed by atoms with Gasteiger partial charge in [-0.3, -0.25) is 9.36 Å². The number of fused-ring (bicyclic) bond motifs is 9. The second-order valence-corrected chi connectivity index (χ2v) is 12.5. The van der Waals surface area contributed by atoms with E-state index in [-0.39, 0.29) is 35.9 Å². The Morgan fingerprint density at radius 3 is 2.49 bits per heavy atom. The van der Waals surface area contributed by atoms with Gasteiger partial charge in [0.15, 0.2) is 0 Å². The van der Waals surface area contributed by atoms with Gasteiger partial charge in [-0.15, -0.1) is 0 Å². The molecule has 0 amide bonds. The van der Waals surface area contributed by atoms with E-state index in [1.807, 2.05) is 6.07 Å². The van der Waals surface area contributed by atoms with Gasteiger partial charge >= 0.3 is 0 Å². The molecule has 3 aliphatic heterocycles. The fourth-order valence-corrected chi connectivity index (χ4v) is 6.98. The SMILES string of the molecule is CCCC(CCC)c1cc2c3ncnc2n(c1=O)CCCCCN1CCC(CC1)CCC(F)(F)c1cccc(c1F)CN3. The highest BCUT2D eigenvalue weighted by Crippen LogP contribution is 2.38. The number of benzene rings is 1. The molecule has 0 saturated carbocycles. The highest BCUT2D eigenvalue weighted by atomic mass is 19.3. The Kier molecular flexibility index (Phi) is 10.4. The summed E-state index contributed by atoms with van der Waals surface area (Å²) in [5.74, 6) is -3.28. The Balaban J connectivity index is 1.55. The van der Waals surface area contributed by atoms with Crippen LogP contribution in [0.5, 0.6) is 0 Å². The van der Waals surface area contributed by atoms with Crippen molar-refractivity contribution in [1.82, 2.24) is 19.4 Å². The van der Waals surface area contributed by atoms with E-state index in [0.29, 0.717) is 29.8 Å². The molecule has 234 valence electrons. The van der Waals surface area contributed by atoms with Crippen molar-refractivity contribution < 1.29 is 13.2 Å². The van der Waals surface area contributed by atoms with E-state index in [1.54, 1.807) is 4.57 Å². The number of hydrogen-bond donors (Lipinski definition) is 1. The lowest BCUT2D eigenvalue weighted by Crippen LogP contribution is -2.34. The molecule has 1 saturated heterocycles. The number of hydrogen-bond acceptors (Lipinski definition) is 5. The van der Waals surface area contributed by atoms with Gasteiger partial charge in [-0.1, -0.05) is 51.3 Å². The maximum atomic E-state index is 15.6. The zero-order chi connectivity index (χ0) is 30.4. The Labute approximate surface area is 253 Å². The van der Waals surface area contributed by atoms with Gasteiger partial charge < -0.3 is 10.2 Å². The summed E-state index contributed by atoms with van der Waals surface area (Å²) >= 11 is 0. The summed E-state index contributed by atoms with van der Waals surface area (Å²) in [5, 5.41) is 3.90. The first kappa shape index (κ1) is 31.5. The Bertz CT molecular complexity index is 1430. The predicted octanol–water partition coefficient (Wildman–Crippen LogP) is 7.99. The molecule has 5 heterocycles. The molecule has 0 spiro atoms. The minimum atomic E-state index is -3.24. The molecule has 6 rings (SSSR count). The van der Waals surface area contributed by atoms with Crippen molar-refractivity contribution in [3.8, 4) is 0 Å². The highest BCUT2D eigenvalue weighted by molar-refractivity contribution is 5.87. The fourth-order valence-electron chi connectivity index (χ4n) is 6.98. The third-order valence-corrected chi connectivity index (χ3v) is 9.47. The van der Waals surface area contributed by atoms with Crippen molar-refractivity contribution in [2.75, 3.05) is 25.0 Å². The zero-order valence-electron chi connectivity index (χ0n) is 25.7. The highest BCUT2D eigenvalue weighted by Gasteiger charge is 2.36. The number of anilines is 1. The van der Waals surface area contributed by atoms with E-state index in [2.05, 4.69) is 34.0 Å². The molecule has 1 aromatic carbocycles. The lowest BCUT2D eigenvalue weighted by molar-refractivity contribution is -0.0249. The van der Waals surface area contributed by atoms with Gasteiger partial charge in [-0.05, 0) is 82.5 Å².